The Morgan fingerprint density at radius 3 is 0.893 bits per heavy atom. The lowest BCUT2D eigenvalue weighted by atomic mass is 10.1. The van der Waals surface area contributed by atoms with Gasteiger partial charge in [0.25, 0.3) is 0 Å². The third-order valence-corrected chi connectivity index (χ3v) is 12.9. The molecular formula is C50H44Br2N2S2+2. The minimum Gasteiger partial charge on any atom is -0.310 e. The fraction of sp³-hybridized carbons (Fsp3) is 0.0800. The van der Waals surface area contributed by atoms with Crippen molar-refractivity contribution in [3.05, 3.63) is 201 Å². The monoisotopic (exact) mass is 894 g/mol. The molecule has 0 aliphatic carbocycles. The minimum atomic E-state index is 0.176. The number of hydrogen-bond acceptors (Lipinski definition) is 2. The van der Waals surface area contributed by atoms with Gasteiger partial charge in [-0.3, -0.25) is 0 Å². The van der Waals surface area contributed by atoms with Gasteiger partial charge in [0.05, 0.1) is 11.4 Å². The molecule has 0 aliphatic rings. The highest BCUT2D eigenvalue weighted by atomic mass is 79.9. The second-order valence-corrected chi connectivity index (χ2v) is 19.8. The van der Waals surface area contributed by atoms with E-state index in [1.165, 1.54) is 9.79 Å². The third-order valence-electron chi connectivity index (χ3n) is 9.44. The highest BCUT2D eigenvalue weighted by Gasteiger charge is 2.18. The zero-order valence-electron chi connectivity index (χ0n) is 31.9. The van der Waals surface area contributed by atoms with Gasteiger partial charge in [0, 0.05) is 65.6 Å². The average Bonchev–Trinajstić information content (AvgIpc) is 3.22. The van der Waals surface area contributed by atoms with Crippen molar-refractivity contribution in [1.29, 1.82) is 0 Å². The average molecular weight is 897 g/mol. The van der Waals surface area contributed by atoms with Crippen LogP contribution in [-0.2, 0) is 21.8 Å². The van der Waals surface area contributed by atoms with Crippen molar-refractivity contribution >= 4 is 112 Å². The molecule has 0 fully saturated rings. The first-order chi connectivity index (χ1) is 27.2. The maximum atomic E-state index is 3.60. The first-order valence-electron chi connectivity index (χ1n) is 18.3. The number of nitrogens with zero attached hydrogens (tertiary/aromatic N) is 2. The Morgan fingerprint density at radius 2 is 0.607 bits per heavy atom. The summed E-state index contributed by atoms with van der Waals surface area (Å²) in [5.74, 6) is 0. The van der Waals surface area contributed by atoms with Crippen LogP contribution in [0.3, 0.4) is 0 Å². The molecule has 0 aliphatic heterocycles. The predicted octanol–water partition coefficient (Wildman–Crippen LogP) is 15.0. The van der Waals surface area contributed by atoms with Crippen molar-refractivity contribution < 1.29 is 0 Å². The zero-order chi connectivity index (χ0) is 39.0. The van der Waals surface area contributed by atoms with Gasteiger partial charge in [-0.15, -0.1) is 0 Å². The van der Waals surface area contributed by atoms with E-state index in [-0.39, 0.29) is 21.8 Å². The fourth-order valence-electron chi connectivity index (χ4n) is 6.40. The Hall–Kier alpha value is -4.72. The maximum absolute atomic E-state index is 3.60. The Morgan fingerprint density at radius 1 is 0.339 bits per heavy atom. The lowest BCUT2D eigenvalue weighted by Gasteiger charge is -2.25. The maximum Gasteiger partial charge on any atom is 0.156 e. The molecule has 7 aromatic carbocycles. The Balaban J connectivity index is 1.03. The second-order valence-electron chi connectivity index (χ2n) is 13.8. The summed E-state index contributed by atoms with van der Waals surface area (Å²) < 4.78 is 2.13. The van der Waals surface area contributed by atoms with Crippen molar-refractivity contribution in [3.63, 3.8) is 0 Å². The van der Waals surface area contributed by atoms with Gasteiger partial charge >= 0.3 is 0 Å². The van der Waals surface area contributed by atoms with Crippen LogP contribution < -0.4 is 9.80 Å². The molecule has 6 heteroatoms. The van der Waals surface area contributed by atoms with Crippen molar-refractivity contribution in [2.24, 2.45) is 0 Å². The van der Waals surface area contributed by atoms with E-state index in [2.05, 4.69) is 261 Å². The molecule has 0 aromatic heterocycles. The lowest BCUT2D eigenvalue weighted by molar-refractivity contribution is 1.26. The minimum absolute atomic E-state index is 0.176. The van der Waals surface area contributed by atoms with Crippen LogP contribution in [0.2, 0.25) is 0 Å². The first kappa shape index (κ1) is 39.5. The van der Waals surface area contributed by atoms with Gasteiger partial charge in [-0.1, -0.05) is 117 Å². The molecule has 0 radical (unpaired) electrons. The SMILES string of the molecule is C[S+](C)c1cccc(N(c2ccc(Br)cc2)c2ccc(/C=C/c3ccc(/C=C/c4ccc(N(c5ccc(Br)cc5)c5cccc([S+](C)C)c5)cc4)cc3)cc2)c1. The highest BCUT2D eigenvalue weighted by molar-refractivity contribution is 9.10. The van der Waals surface area contributed by atoms with Crippen LogP contribution in [0.1, 0.15) is 22.3 Å². The molecule has 0 saturated heterocycles. The summed E-state index contributed by atoms with van der Waals surface area (Å²) in [5.41, 5.74) is 11.4. The largest absolute Gasteiger partial charge is 0.310 e. The van der Waals surface area contributed by atoms with E-state index in [0.717, 1.165) is 65.3 Å². The van der Waals surface area contributed by atoms with E-state index in [4.69, 9.17) is 0 Å². The molecular weight excluding hydrogens is 853 g/mol. The highest BCUT2D eigenvalue weighted by Crippen LogP contribution is 2.38. The van der Waals surface area contributed by atoms with Crippen molar-refractivity contribution in [2.45, 2.75) is 9.79 Å². The van der Waals surface area contributed by atoms with E-state index in [1.54, 1.807) is 0 Å². The smallest absolute Gasteiger partial charge is 0.156 e. The molecule has 56 heavy (non-hydrogen) atoms. The number of anilines is 6. The van der Waals surface area contributed by atoms with E-state index < -0.39 is 0 Å². The Labute approximate surface area is 355 Å². The van der Waals surface area contributed by atoms with Crippen molar-refractivity contribution in [3.8, 4) is 0 Å². The van der Waals surface area contributed by atoms with Crippen LogP contribution in [0.4, 0.5) is 34.1 Å². The van der Waals surface area contributed by atoms with Crippen LogP contribution in [0.25, 0.3) is 24.3 Å². The Bertz CT molecular complexity index is 2250. The van der Waals surface area contributed by atoms with E-state index in [9.17, 15) is 0 Å². The summed E-state index contributed by atoms with van der Waals surface area (Å²) >= 11 is 7.20. The van der Waals surface area contributed by atoms with Crippen LogP contribution >= 0.6 is 31.9 Å². The molecule has 0 spiro atoms. The number of halogens is 2. The molecule has 0 bridgehead atoms. The summed E-state index contributed by atoms with van der Waals surface area (Å²) in [6.45, 7) is 0. The molecule has 0 saturated carbocycles. The fourth-order valence-corrected chi connectivity index (χ4v) is 8.34. The second kappa shape index (κ2) is 18.5. The molecule has 7 rings (SSSR count). The van der Waals surface area contributed by atoms with Gasteiger partial charge in [0.2, 0.25) is 0 Å². The van der Waals surface area contributed by atoms with Crippen LogP contribution in [0.5, 0.6) is 0 Å². The molecule has 278 valence electrons. The molecule has 2 nitrogen and oxygen atoms in total. The van der Waals surface area contributed by atoms with E-state index >= 15 is 0 Å². The molecule has 0 atom stereocenters. The van der Waals surface area contributed by atoms with Crippen LogP contribution in [-0.4, -0.2) is 25.0 Å². The van der Waals surface area contributed by atoms with Crippen molar-refractivity contribution in [2.75, 3.05) is 34.8 Å². The van der Waals surface area contributed by atoms with Gasteiger partial charge in [-0.05, 0) is 119 Å². The standard InChI is InChI=1S/C50H44Br2N2S2/c1-55(2)49-9-5-7-47(35-49)53(45-31-23-41(51)24-32-45)43-27-19-39(20-28-43)17-15-37-11-13-38(14-12-37)16-18-40-21-29-44(30-22-40)54(46-33-25-42(52)26-34-46)48-8-6-10-50(36-48)56(3)4/h5-36H,1-4H3/q+2/b17-15+,18-16+. The molecule has 0 amide bonds. The van der Waals surface area contributed by atoms with Crippen LogP contribution in [0.15, 0.2) is 189 Å². The van der Waals surface area contributed by atoms with Gasteiger partial charge in [-0.2, -0.15) is 0 Å². The van der Waals surface area contributed by atoms with Crippen LogP contribution in [0, 0.1) is 0 Å². The summed E-state index contributed by atoms with van der Waals surface area (Å²) in [6, 6.07) is 61.0. The summed E-state index contributed by atoms with van der Waals surface area (Å²) in [6.07, 6.45) is 17.8. The number of hydrogen-bond donors (Lipinski definition) is 0. The molecule has 7 aromatic rings. The van der Waals surface area contributed by atoms with Gasteiger partial charge < -0.3 is 9.80 Å². The molecule has 0 unspecified atom stereocenters. The number of benzene rings is 7. The third kappa shape index (κ3) is 9.98. The normalized spacial score (nSPS) is 11.6. The van der Waals surface area contributed by atoms with Gasteiger partial charge in [-0.25, -0.2) is 0 Å². The van der Waals surface area contributed by atoms with E-state index in [0.29, 0.717) is 0 Å². The predicted molar refractivity (Wildman–Crippen MR) is 257 cm³/mol. The quantitative estimate of drug-likeness (QED) is 0.0891. The first-order valence-corrected chi connectivity index (χ1v) is 24.0. The van der Waals surface area contributed by atoms with Crippen molar-refractivity contribution in [1.82, 2.24) is 0 Å². The van der Waals surface area contributed by atoms with Gasteiger partial charge in [0.15, 0.2) is 9.79 Å². The zero-order valence-corrected chi connectivity index (χ0v) is 36.7. The Kier molecular flexibility index (Phi) is 13.0. The van der Waals surface area contributed by atoms with E-state index in [1.807, 2.05) is 0 Å². The van der Waals surface area contributed by atoms with Gasteiger partial charge in [0.1, 0.15) is 25.0 Å². The lowest BCUT2D eigenvalue weighted by Crippen LogP contribution is -2.10. The topological polar surface area (TPSA) is 6.48 Å². The summed E-state index contributed by atoms with van der Waals surface area (Å²) in [5, 5.41) is 0. The summed E-state index contributed by atoms with van der Waals surface area (Å²) in [7, 11) is 0.352. The summed E-state index contributed by atoms with van der Waals surface area (Å²) in [4.78, 5) is 7.35. The molecule has 0 heterocycles. The molecule has 0 N–H and O–H groups in total. The number of rotatable bonds is 12.